The Morgan fingerprint density at radius 2 is 1.93 bits per heavy atom. The van der Waals surface area contributed by atoms with Crippen molar-refractivity contribution in [2.45, 2.75) is 25.8 Å². The monoisotopic (exact) mass is 365 g/mol. The summed E-state index contributed by atoms with van der Waals surface area (Å²) in [5, 5.41) is 5.48. The van der Waals surface area contributed by atoms with Crippen molar-refractivity contribution in [3.05, 3.63) is 71.3 Å². The molecule has 2 N–H and O–H groups in total. The smallest absolute Gasteiger partial charge is 0.324 e. The number of rotatable bonds is 7. The van der Waals surface area contributed by atoms with Crippen LogP contribution in [0.15, 0.2) is 54.6 Å². The number of nitrogens with zero attached hydrogens (tertiary/aromatic N) is 1. The minimum absolute atomic E-state index is 0.0247. The number of benzene rings is 2. The number of hydrogen-bond acceptors (Lipinski definition) is 3. The van der Waals surface area contributed by atoms with E-state index in [0.717, 1.165) is 16.9 Å². The number of nitrogens with one attached hydrogen (secondary N) is 2. The molecule has 1 fully saturated rings. The zero-order valence-electron chi connectivity index (χ0n) is 15.3. The Kier molecular flexibility index (Phi) is 5.86. The molecule has 2 aromatic carbocycles. The highest BCUT2D eigenvalue weighted by Crippen LogP contribution is 2.18. The number of imide groups is 1. The molecule has 1 saturated heterocycles. The normalized spacial score (nSPS) is 14.8. The second-order valence-electron chi connectivity index (χ2n) is 6.56. The molecular formula is C21H23N3O3. The zero-order chi connectivity index (χ0) is 19.2. The number of carbonyl (C=O) groups is 3. The summed E-state index contributed by atoms with van der Waals surface area (Å²) in [6.45, 7) is 2.84. The third kappa shape index (κ3) is 4.53. The van der Waals surface area contributed by atoms with E-state index in [-0.39, 0.29) is 30.8 Å². The van der Waals surface area contributed by atoms with Crippen LogP contribution in [0.4, 0.5) is 4.79 Å². The molecule has 3 rings (SSSR count). The third-order valence-corrected chi connectivity index (χ3v) is 4.74. The molecule has 0 bridgehead atoms. The van der Waals surface area contributed by atoms with E-state index < -0.39 is 6.03 Å². The van der Waals surface area contributed by atoms with E-state index in [2.05, 4.69) is 29.7 Å². The molecule has 1 aliphatic heterocycles. The van der Waals surface area contributed by atoms with Gasteiger partial charge in [-0.2, -0.15) is 0 Å². The molecule has 4 amide bonds. The van der Waals surface area contributed by atoms with E-state index >= 15 is 0 Å². The molecule has 0 aliphatic carbocycles. The Labute approximate surface area is 158 Å². The summed E-state index contributed by atoms with van der Waals surface area (Å²) in [7, 11) is 0. The first kappa shape index (κ1) is 18.6. The molecule has 0 saturated carbocycles. The lowest BCUT2D eigenvalue weighted by atomic mass is 9.96. The average molecular weight is 365 g/mol. The third-order valence-electron chi connectivity index (χ3n) is 4.74. The SMILES string of the molecule is CC[C@H](CNC(=O)c1cccc(CN2C(=O)CNC2=O)c1)c1ccccc1. The van der Waals surface area contributed by atoms with Gasteiger partial charge in [0.2, 0.25) is 5.91 Å². The first-order valence-electron chi connectivity index (χ1n) is 9.08. The fourth-order valence-corrected chi connectivity index (χ4v) is 3.15. The molecule has 27 heavy (non-hydrogen) atoms. The Morgan fingerprint density at radius 3 is 2.59 bits per heavy atom. The van der Waals surface area contributed by atoms with Crippen LogP contribution in [0.3, 0.4) is 0 Å². The van der Waals surface area contributed by atoms with E-state index in [1.54, 1.807) is 24.3 Å². The van der Waals surface area contributed by atoms with Crippen molar-refractivity contribution in [1.29, 1.82) is 0 Å². The van der Waals surface area contributed by atoms with Gasteiger partial charge < -0.3 is 10.6 Å². The fraction of sp³-hybridized carbons (Fsp3) is 0.286. The molecule has 1 atom stereocenters. The molecule has 140 valence electrons. The molecule has 0 radical (unpaired) electrons. The van der Waals surface area contributed by atoms with Crippen LogP contribution in [0.5, 0.6) is 0 Å². The maximum absolute atomic E-state index is 12.5. The maximum Gasteiger partial charge on any atom is 0.324 e. The predicted octanol–water partition coefficient (Wildman–Crippen LogP) is 2.66. The Balaban J connectivity index is 1.63. The summed E-state index contributed by atoms with van der Waals surface area (Å²) in [6, 6.07) is 16.7. The van der Waals surface area contributed by atoms with Gasteiger partial charge in [-0.15, -0.1) is 0 Å². The number of amides is 4. The van der Waals surface area contributed by atoms with Crippen molar-refractivity contribution in [3.63, 3.8) is 0 Å². The van der Waals surface area contributed by atoms with Gasteiger partial charge in [0.1, 0.15) is 0 Å². The second-order valence-corrected chi connectivity index (χ2v) is 6.56. The summed E-state index contributed by atoms with van der Waals surface area (Å²) < 4.78 is 0. The van der Waals surface area contributed by atoms with Crippen LogP contribution >= 0.6 is 0 Å². The van der Waals surface area contributed by atoms with Crippen LogP contribution < -0.4 is 10.6 Å². The van der Waals surface area contributed by atoms with Gasteiger partial charge in [-0.05, 0) is 29.7 Å². The number of hydrogen-bond donors (Lipinski definition) is 2. The van der Waals surface area contributed by atoms with Crippen molar-refractivity contribution in [2.24, 2.45) is 0 Å². The summed E-state index contributed by atoms with van der Waals surface area (Å²) in [5.41, 5.74) is 2.46. The predicted molar refractivity (Wildman–Crippen MR) is 102 cm³/mol. The topological polar surface area (TPSA) is 78.5 Å². The molecule has 2 aromatic rings. The molecule has 6 nitrogen and oxygen atoms in total. The van der Waals surface area contributed by atoms with Crippen molar-refractivity contribution in [1.82, 2.24) is 15.5 Å². The van der Waals surface area contributed by atoms with E-state index in [9.17, 15) is 14.4 Å². The van der Waals surface area contributed by atoms with Crippen molar-refractivity contribution in [2.75, 3.05) is 13.1 Å². The van der Waals surface area contributed by atoms with Gasteiger partial charge in [0.25, 0.3) is 5.91 Å². The number of urea groups is 1. The molecule has 1 aliphatic rings. The van der Waals surface area contributed by atoms with Crippen LogP contribution in [0.1, 0.15) is 40.7 Å². The Bertz CT molecular complexity index is 820. The summed E-state index contributed by atoms with van der Waals surface area (Å²) in [5.74, 6) is -0.170. The van der Waals surface area contributed by atoms with Gasteiger partial charge in [-0.1, -0.05) is 49.4 Å². The van der Waals surface area contributed by atoms with Crippen molar-refractivity contribution in [3.8, 4) is 0 Å². The maximum atomic E-state index is 12.5. The minimum Gasteiger partial charge on any atom is -0.351 e. The largest absolute Gasteiger partial charge is 0.351 e. The van der Waals surface area contributed by atoms with Crippen LogP contribution in [0.2, 0.25) is 0 Å². The molecule has 6 heteroatoms. The first-order valence-corrected chi connectivity index (χ1v) is 9.08. The van der Waals surface area contributed by atoms with Crippen LogP contribution in [0.25, 0.3) is 0 Å². The van der Waals surface area contributed by atoms with Gasteiger partial charge in [0.05, 0.1) is 13.1 Å². The molecular weight excluding hydrogens is 342 g/mol. The molecule has 0 unspecified atom stereocenters. The van der Waals surface area contributed by atoms with E-state index in [0.29, 0.717) is 12.1 Å². The van der Waals surface area contributed by atoms with Gasteiger partial charge in [-0.3, -0.25) is 14.5 Å². The summed E-state index contributed by atoms with van der Waals surface area (Å²) in [6.07, 6.45) is 0.927. The van der Waals surface area contributed by atoms with Gasteiger partial charge in [-0.25, -0.2) is 4.79 Å². The second kappa shape index (κ2) is 8.49. The van der Waals surface area contributed by atoms with Crippen LogP contribution in [-0.4, -0.2) is 35.8 Å². The average Bonchev–Trinajstić information content (AvgIpc) is 3.01. The lowest BCUT2D eigenvalue weighted by Gasteiger charge is -2.17. The van der Waals surface area contributed by atoms with Crippen LogP contribution in [0, 0.1) is 0 Å². The van der Waals surface area contributed by atoms with E-state index in [1.165, 1.54) is 5.56 Å². The van der Waals surface area contributed by atoms with Gasteiger partial charge >= 0.3 is 6.03 Å². The quantitative estimate of drug-likeness (QED) is 0.741. The lowest BCUT2D eigenvalue weighted by Crippen LogP contribution is -2.31. The summed E-state index contributed by atoms with van der Waals surface area (Å²) in [4.78, 5) is 37.1. The fourth-order valence-electron chi connectivity index (χ4n) is 3.15. The Hall–Kier alpha value is -3.15. The standard InChI is InChI=1S/C21H23N3O3/c1-2-16(17-8-4-3-5-9-17)12-22-20(26)18-10-6-7-15(11-18)14-24-19(25)13-23-21(24)27/h3-11,16H,2,12-14H2,1H3,(H,22,26)(H,23,27)/t16-/m1/s1. The molecule has 0 spiro atoms. The van der Waals surface area contributed by atoms with Gasteiger partial charge in [0.15, 0.2) is 0 Å². The van der Waals surface area contributed by atoms with Crippen molar-refractivity contribution < 1.29 is 14.4 Å². The highest BCUT2D eigenvalue weighted by Gasteiger charge is 2.28. The number of carbonyl (C=O) groups excluding carboxylic acids is 3. The molecule has 0 aromatic heterocycles. The Morgan fingerprint density at radius 1 is 1.15 bits per heavy atom. The van der Waals surface area contributed by atoms with Gasteiger partial charge in [0, 0.05) is 18.0 Å². The highest BCUT2D eigenvalue weighted by atomic mass is 16.2. The minimum atomic E-state index is -0.400. The van der Waals surface area contributed by atoms with E-state index in [1.807, 2.05) is 18.2 Å². The first-order chi connectivity index (χ1) is 13.1. The van der Waals surface area contributed by atoms with Crippen molar-refractivity contribution >= 4 is 17.8 Å². The van der Waals surface area contributed by atoms with Crippen LogP contribution in [-0.2, 0) is 11.3 Å². The summed E-state index contributed by atoms with van der Waals surface area (Å²) >= 11 is 0. The molecule has 1 heterocycles. The highest BCUT2D eigenvalue weighted by molar-refractivity contribution is 6.02. The van der Waals surface area contributed by atoms with E-state index in [4.69, 9.17) is 0 Å². The lowest BCUT2D eigenvalue weighted by molar-refractivity contribution is -0.125. The zero-order valence-corrected chi connectivity index (χ0v) is 15.3.